The molecule has 0 aliphatic heterocycles. The maximum atomic E-state index is 6.26. The first-order valence-electron chi connectivity index (χ1n) is 8.56. The fourth-order valence-corrected chi connectivity index (χ4v) is 3.38. The van der Waals surface area contributed by atoms with Gasteiger partial charge in [-0.2, -0.15) is 4.98 Å². The third kappa shape index (κ3) is 4.05. The summed E-state index contributed by atoms with van der Waals surface area (Å²) < 4.78 is 6.03. The number of para-hydroxylation sites is 1. The first-order valence-corrected chi connectivity index (χ1v) is 9.31. The summed E-state index contributed by atoms with van der Waals surface area (Å²) in [6.45, 7) is 0.240. The quantitative estimate of drug-likeness (QED) is 0.409. The highest BCUT2D eigenvalue weighted by molar-refractivity contribution is 6.35. The molecule has 0 bridgehead atoms. The molecular formula is C22H16Cl2N2O. The Kier molecular flexibility index (Phi) is 5.23. The Bertz CT molecular complexity index is 1060. The Hall–Kier alpha value is -2.62. The van der Waals surface area contributed by atoms with Gasteiger partial charge in [-0.15, -0.1) is 0 Å². The number of halogens is 2. The Morgan fingerprint density at radius 2 is 1.44 bits per heavy atom. The number of aromatic nitrogens is 2. The third-order valence-electron chi connectivity index (χ3n) is 4.23. The van der Waals surface area contributed by atoms with Gasteiger partial charge in [0.05, 0.1) is 10.9 Å². The molecule has 27 heavy (non-hydrogen) atoms. The number of benzene rings is 3. The van der Waals surface area contributed by atoms with Gasteiger partial charge in [0.25, 0.3) is 0 Å². The number of rotatable bonds is 5. The van der Waals surface area contributed by atoms with Crippen LogP contribution in [0.5, 0.6) is 5.88 Å². The summed E-state index contributed by atoms with van der Waals surface area (Å²) in [6.07, 6.45) is 0.634. The van der Waals surface area contributed by atoms with Crippen molar-refractivity contribution < 1.29 is 4.74 Å². The van der Waals surface area contributed by atoms with E-state index in [-0.39, 0.29) is 6.61 Å². The predicted molar refractivity (Wildman–Crippen MR) is 110 cm³/mol. The highest BCUT2D eigenvalue weighted by Crippen LogP contribution is 2.28. The van der Waals surface area contributed by atoms with Crippen molar-refractivity contribution in [3.8, 4) is 5.88 Å². The second-order valence-electron chi connectivity index (χ2n) is 6.11. The Labute approximate surface area is 167 Å². The summed E-state index contributed by atoms with van der Waals surface area (Å²) in [7, 11) is 0. The second kappa shape index (κ2) is 7.95. The molecule has 0 aliphatic rings. The fraction of sp³-hybridized carbons (Fsp3) is 0.0909. The molecule has 0 atom stereocenters. The van der Waals surface area contributed by atoms with Crippen LogP contribution in [-0.2, 0) is 13.0 Å². The van der Waals surface area contributed by atoms with E-state index in [9.17, 15) is 0 Å². The normalized spacial score (nSPS) is 10.9. The van der Waals surface area contributed by atoms with Crippen molar-refractivity contribution in [2.75, 3.05) is 0 Å². The largest absolute Gasteiger partial charge is 0.472 e. The number of ether oxygens (including phenoxy) is 1. The van der Waals surface area contributed by atoms with E-state index in [0.717, 1.165) is 22.0 Å². The minimum atomic E-state index is 0.240. The first kappa shape index (κ1) is 17.8. The molecule has 0 fully saturated rings. The zero-order valence-electron chi connectivity index (χ0n) is 14.4. The summed E-state index contributed by atoms with van der Waals surface area (Å²) in [5.74, 6) is 1.24. The summed E-state index contributed by atoms with van der Waals surface area (Å²) in [6, 6.07) is 23.3. The second-order valence-corrected chi connectivity index (χ2v) is 6.93. The van der Waals surface area contributed by atoms with Crippen molar-refractivity contribution in [1.82, 2.24) is 9.97 Å². The van der Waals surface area contributed by atoms with E-state index in [1.807, 2.05) is 48.5 Å². The van der Waals surface area contributed by atoms with Crippen LogP contribution in [0.4, 0.5) is 0 Å². The molecule has 134 valence electrons. The predicted octanol–water partition coefficient (Wildman–Crippen LogP) is 6.11. The molecule has 0 spiro atoms. The molecule has 0 amide bonds. The summed E-state index contributed by atoms with van der Waals surface area (Å²) in [5, 5.41) is 2.01. The highest BCUT2D eigenvalue weighted by Gasteiger charge is 2.12. The molecule has 5 heteroatoms. The van der Waals surface area contributed by atoms with Gasteiger partial charge in [-0.1, -0.05) is 71.7 Å². The fourth-order valence-electron chi connectivity index (χ4n) is 2.87. The Morgan fingerprint density at radius 3 is 2.22 bits per heavy atom. The van der Waals surface area contributed by atoms with Crippen LogP contribution in [-0.4, -0.2) is 9.97 Å². The summed E-state index contributed by atoms with van der Waals surface area (Å²) >= 11 is 12.5. The topological polar surface area (TPSA) is 35.0 Å². The third-order valence-corrected chi connectivity index (χ3v) is 4.94. The lowest BCUT2D eigenvalue weighted by Crippen LogP contribution is -2.04. The average Bonchev–Trinajstić information content (AvgIpc) is 2.68. The van der Waals surface area contributed by atoms with Crippen molar-refractivity contribution in [2.45, 2.75) is 13.0 Å². The molecule has 0 N–H and O–H groups in total. The minimum absolute atomic E-state index is 0.240. The molecule has 0 radical (unpaired) electrons. The van der Waals surface area contributed by atoms with E-state index in [1.54, 1.807) is 12.1 Å². The maximum Gasteiger partial charge on any atom is 0.225 e. The van der Waals surface area contributed by atoms with E-state index < -0.39 is 0 Å². The maximum absolute atomic E-state index is 6.26. The lowest BCUT2D eigenvalue weighted by Gasteiger charge is -2.12. The van der Waals surface area contributed by atoms with Crippen molar-refractivity contribution in [3.05, 3.63) is 99.8 Å². The molecule has 3 aromatic carbocycles. The van der Waals surface area contributed by atoms with Crippen molar-refractivity contribution in [3.63, 3.8) is 0 Å². The molecule has 0 saturated heterocycles. The minimum Gasteiger partial charge on any atom is -0.472 e. The lowest BCUT2D eigenvalue weighted by atomic mass is 10.1. The lowest BCUT2D eigenvalue weighted by molar-refractivity contribution is 0.297. The molecule has 4 rings (SSSR count). The number of hydrogen-bond acceptors (Lipinski definition) is 3. The van der Waals surface area contributed by atoms with Crippen molar-refractivity contribution >= 4 is 34.1 Å². The van der Waals surface area contributed by atoms with E-state index in [2.05, 4.69) is 22.1 Å². The average molecular weight is 395 g/mol. The van der Waals surface area contributed by atoms with Crippen LogP contribution in [0.15, 0.2) is 72.8 Å². The highest BCUT2D eigenvalue weighted by atomic mass is 35.5. The van der Waals surface area contributed by atoms with Gasteiger partial charge in [-0.25, -0.2) is 4.98 Å². The zero-order valence-corrected chi connectivity index (χ0v) is 15.9. The van der Waals surface area contributed by atoms with Crippen LogP contribution in [0.3, 0.4) is 0 Å². The van der Waals surface area contributed by atoms with E-state index in [0.29, 0.717) is 28.2 Å². The number of hydrogen-bond donors (Lipinski definition) is 0. The van der Waals surface area contributed by atoms with Crippen LogP contribution >= 0.6 is 23.2 Å². The van der Waals surface area contributed by atoms with Gasteiger partial charge >= 0.3 is 0 Å². The smallest absolute Gasteiger partial charge is 0.225 e. The van der Waals surface area contributed by atoms with Gasteiger partial charge in [0.2, 0.25) is 5.88 Å². The first-order chi connectivity index (χ1) is 13.2. The van der Waals surface area contributed by atoms with Crippen molar-refractivity contribution in [1.29, 1.82) is 0 Å². The SMILES string of the molecule is Clc1cccc(Cl)c1COc1nc(Cc2ccccc2)nc2ccccc12. The van der Waals surface area contributed by atoms with Gasteiger partial charge in [0, 0.05) is 22.0 Å². The molecule has 1 heterocycles. The van der Waals surface area contributed by atoms with Gasteiger partial charge in [0.1, 0.15) is 12.4 Å². The van der Waals surface area contributed by atoms with Crippen LogP contribution in [0.25, 0.3) is 10.9 Å². The van der Waals surface area contributed by atoms with E-state index in [4.69, 9.17) is 27.9 Å². The van der Waals surface area contributed by atoms with Gasteiger partial charge in [0.15, 0.2) is 0 Å². The molecule has 1 aromatic heterocycles. The molecule has 4 aromatic rings. The van der Waals surface area contributed by atoms with Gasteiger partial charge in [-0.05, 0) is 29.8 Å². The molecular weight excluding hydrogens is 379 g/mol. The number of fused-ring (bicyclic) bond motifs is 1. The monoisotopic (exact) mass is 394 g/mol. The standard InChI is InChI=1S/C22H16Cl2N2O/c23-18-10-6-11-19(24)17(18)14-27-22-16-9-4-5-12-20(16)25-21(26-22)13-15-7-2-1-3-8-15/h1-12H,13-14H2. The van der Waals surface area contributed by atoms with E-state index in [1.165, 1.54) is 0 Å². The molecule has 0 aliphatic carbocycles. The van der Waals surface area contributed by atoms with Crippen LogP contribution in [0.1, 0.15) is 17.0 Å². The number of nitrogens with zero attached hydrogens (tertiary/aromatic N) is 2. The molecule has 0 saturated carbocycles. The molecule has 3 nitrogen and oxygen atoms in total. The van der Waals surface area contributed by atoms with Gasteiger partial charge in [-0.3, -0.25) is 0 Å². The molecule has 0 unspecified atom stereocenters. The van der Waals surface area contributed by atoms with Crippen LogP contribution in [0, 0.1) is 0 Å². The Morgan fingerprint density at radius 1 is 0.741 bits per heavy atom. The van der Waals surface area contributed by atoms with Crippen LogP contribution in [0.2, 0.25) is 10.0 Å². The Balaban J connectivity index is 1.68. The summed E-state index contributed by atoms with van der Waals surface area (Å²) in [4.78, 5) is 9.33. The summed E-state index contributed by atoms with van der Waals surface area (Å²) in [5.41, 5.74) is 2.74. The zero-order chi connectivity index (χ0) is 18.6. The van der Waals surface area contributed by atoms with Crippen LogP contribution < -0.4 is 4.74 Å². The van der Waals surface area contributed by atoms with E-state index >= 15 is 0 Å². The van der Waals surface area contributed by atoms with Crippen molar-refractivity contribution in [2.24, 2.45) is 0 Å². The van der Waals surface area contributed by atoms with Gasteiger partial charge < -0.3 is 4.74 Å².